The molecular weight excluding hydrogens is 246 g/mol. The van der Waals surface area contributed by atoms with Crippen molar-refractivity contribution in [2.75, 3.05) is 7.11 Å². The monoisotopic (exact) mass is 255 g/mol. The summed E-state index contributed by atoms with van der Waals surface area (Å²) in [7, 11) is 1.54. The van der Waals surface area contributed by atoms with Gasteiger partial charge in [0.2, 0.25) is 5.88 Å². The van der Waals surface area contributed by atoms with Gasteiger partial charge in [-0.2, -0.15) is 0 Å². The van der Waals surface area contributed by atoms with Crippen LogP contribution in [0.15, 0.2) is 10.7 Å². The van der Waals surface area contributed by atoms with E-state index in [-0.39, 0.29) is 5.78 Å². The highest BCUT2D eigenvalue weighted by atomic mass is 79.9. The fourth-order valence-electron chi connectivity index (χ4n) is 1.74. The van der Waals surface area contributed by atoms with Crippen molar-refractivity contribution in [2.24, 2.45) is 0 Å². The van der Waals surface area contributed by atoms with E-state index in [1.807, 2.05) is 0 Å². The maximum Gasteiger partial charge on any atom is 0.224 e. The molecule has 0 radical (unpaired) electrons. The molecule has 0 saturated heterocycles. The Labute approximate surface area is 90.6 Å². The highest BCUT2D eigenvalue weighted by Crippen LogP contribution is 2.32. The number of methoxy groups -OCH3 is 1. The van der Waals surface area contributed by atoms with Gasteiger partial charge in [-0.3, -0.25) is 4.79 Å². The van der Waals surface area contributed by atoms with Gasteiger partial charge in [-0.15, -0.1) is 0 Å². The van der Waals surface area contributed by atoms with Crippen molar-refractivity contribution in [2.45, 2.75) is 19.3 Å². The minimum absolute atomic E-state index is 0.136. The zero-order valence-corrected chi connectivity index (χ0v) is 9.43. The molecule has 0 aliphatic heterocycles. The smallest absolute Gasteiger partial charge is 0.224 e. The second kappa shape index (κ2) is 3.69. The summed E-state index contributed by atoms with van der Waals surface area (Å²) in [5, 5.41) is 0. The van der Waals surface area contributed by atoms with E-state index in [4.69, 9.17) is 4.74 Å². The summed E-state index contributed by atoms with van der Waals surface area (Å²) < 4.78 is 5.99. The third-order valence-corrected chi connectivity index (χ3v) is 3.09. The molecule has 0 unspecified atom stereocenters. The van der Waals surface area contributed by atoms with E-state index < -0.39 is 0 Å². The first-order chi connectivity index (χ1) is 6.74. The molecule has 0 N–H and O–H groups in total. The Morgan fingerprint density at radius 3 is 3.00 bits per heavy atom. The maximum atomic E-state index is 11.7. The van der Waals surface area contributed by atoms with Crippen molar-refractivity contribution in [3.63, 3.8) is 0 Å². The third-order valence-electron chi connectivity index (χ3n) is 2.40. The molecule has 0 aromatic carbocycles. The highest BCUT2D eigenvalue weighted by molar-refractivity contribution is 9.10. The van der Waals surface area contributed by atoms with E-state index in [9.17, 15) is 4.79 Å². The van der Waals surface area contributed by atoms with Crippen LogP contribution in [0.5, 0.6) is 5.88 Å². The van der Waals surface area contributed by atoms with Crippen molar-refractivity contribution in [3.05, 3.63) is 21.8 Å². The van der Waals surface area contributed by atoms with Crippen LogP contribution >= 0.6 is 15.9 Å². The third kappa shape index (κ3) is 1.43. The molecule has 3 nitrogen and oxygen atoms in total. The fraction of sp³-hybridized carbons (Fsp3) is 0.400. The summed E-state index contributed by atoms with van der Waals surface area (Å²) in [6, 6.07) is 0. The van der Waals surface area contributed by atoms with Gasteiger partial charge in [0.25, 0.3) is 0 Å². The lowest BCUT2D eigenvalue weighted by Crippen LogP contribution is -2.14. The summed E-state index contributed by atoms with van der Waals surface area (Å²) in [5.74, 6) is 0.588. The Morgan fingerprint density at radius 2 is 2.29 bits per heavy atom. The van der Waals surface area contributed by atoms with Crippen molar-refractivity contribution in [1.82, 2.24) is 4.98 Å². The number of carbonyl (C=O) groups excluding carboxylic acids is 1. The minimum atomic E-state index is 0.136. The van der Waals surface area contributed by atoms with Crippen LogP contribution in [0.3, 0.4) is 0 Å². The van der Waals surface area contributed by atoms with E-state index >= 15 is 0 Å². The fourth-order valence-corrected chi connectivity index (χ4v) is 2.24. The molecule has 0 fully saturated rings. The maximum absolute atomic E-state index is 11.7. The molecule has 1 aromatic heterocycles. The van der Waals surface area contributed by atoms with E-state index in [0.717, 1.165) is 22.9 Å². The molecular formula is C10H10BrNO2. The predicted molar refractivity (Wildman–Crippen MR) is 55.8 cm³/mol. The largest absolute Gasteiger partial charge is 0.480 e. The lowest BCUT2D eigenvalue weighted by Gasteiger charge is -2.17. The first-order valence-corrected chi connectivity index (χ1v) is 5.28. The number of aromatic nitrogens is 1. The number of ether oxygens (including phenoxy) is 1. The van der Waals surface area contributed by atoms with E-state index in [1.165, 1.54) is 0 Å². The first-order valence-electron chi connectivity index (χ1n) is 4.48. The van der Waals surface area contributed by atoms with E-state index in [0.29, 0.717) is 17.9 Å². The lowest BCUT2D eigenvalue weighted by atomic mass is 9.92. The Balaban J connectivity index is 2.64. The Hall–Kier alpha value is -0.900. The van der Waals surface area contributed by atoms with Crippen LogP contribution in [0.25, 0.3) is 0 Å². The first kappa shape index (κ1) is 9.65. The molecule has 0 amide bonds. The summed E-state index contributed by atoms with van der Waals surface area (Å²) in [5.41, 5.74) is 1.70. The number of carbonyl (C=O) groups is 1. The number of ketones is 1. The van der Waals surface area contributed by atoms with Crippen LogP contribution in [-0.4, -0.2) is 17.9 Å². The van der Waals surface area contributed by atoms with Gasteiger partial charge in [0.1, 0.15) is 0 Å². The molecule has 1 aliphatic rings. The molecule has 0 spiro atoms. The van der Waals surface area contributed by atoms with Crippen molar-refractivity contribution >= 4 is 21.7 Å². The standard InChI is InChI=1S/C10H10BrNO2/c1-14-10-9-6(7(11)5-12-10)3-2-4-8(9)13/h5H,2-4H2,1H3. The van der Waals surface area contributed by atoms with E-state index in [1.54, 1.807) is 13.3 Å². The number of Topliss-reactive ketones (excluding diaryl/α,β-unsaturated/α-hetero) is 1. The highest BCUT2D eigenvalue weighted by Gasteiger charge is 2.24. The molecule has 0 saturated carbocycles. The van der Waals surface area contributed by atoms with Gasteiger partial charge in [0, 0.05) is 17.1 Å². The second-order valence-electron chi connectivity index (χ2n) is 3.25. The summed E-state index contributed by atoms with van der Waals surface area (Å²) in [6.07, 6.45) is 4.12. The summed E-state index contributed by atoms with van der Waals surface area (Å²) >= 11 is 3.40. The topological polar surface area (TPSA) is 39.2 Å². The van der Waals surface area contributed by atoms with Gasteiger partial charge in [0.15, 0.2) is 5.78 Å². The molecule has 1 heterocycles. The van der Waals surface area contributed by atoms with Crippen molar-refractivity contribution in [3.8, 4) is 5.88 Å². The average Bonchev–Trinajstić information content (AvgIpc) is 2.20. The average molecular weight is 256 g/mol. The quantitative estimate of drug-likeness (QED) is 0.774. The number of hydrogen-bond acceptors (Lipinski definition) is 3. The molecule has 1 aromatic rings. The number of hydrogen-bond donors (Lipinski definition) is 0. The van der Waals surface area contributed by atoms with Crippen LogP contribution in [-0.2, 0) is 6.42 Å². The molecule has 0 bridgehead atoms. The number of fused-ring (bicyclic) bond motifs is 1. The molecule has 74 valence electrons. The van der Waals surface area contributed by atoms with Crippen LogP contribution in [0.4, 0.5) is 0 Å². The van der Waals surface area contributed by atoms with Crippen LogP contribution in [0.1, 0.15) is 28.8 Å². The molecule has 2 rings (SSSR count). The number of rotatable bonds is 1. The molecule has 1 aliphatic carbocycles. The Bertz CT molecular complexity index is 390. The van der Waals surface area contributed by atoms with Gasteiger partial charge in [-0.05, 0) is 34.3 Å². The zero-order chi connectivity index (χ0) is 10.1. The SMILES string of the molecule is COc1ncc(Br)c2c1C(=O)CCC2. The normalized spacial score (nSPS) is 15.1. The minimum Gasteiger partial charge on any atom is -0.480 e. The van der Waals surface area contributed by atoms with Crippen LogP contribution in [0, 0.1) is 0 Å². The van der Waals surface area contributed by atoms with E-state index in [2.05, 4.69) is 20.9 Å². The van der Waals surface area contributed by atoms with Gasteiger partial charge < -0.3 is 4.74 Å². The van der Waals surface area contributed by atoms with Crippen LogP contribution < -0.4 is 4.74 Å². The molecule has 14 heavy (non-hydrogen) atoms. The molecule has 4 heteroatoms. The number of nitrogens with zero attached hydrogens (tertiary/aromatic N) is 1. The predicted octanol–water partition coefficient (Wildman–Crippen LogP) is 2.37. The lowest BCUT2D eigenvalue weighted by molar-refractivity contribution is 0.0968. The zero-order valence-electron chi connectivity index (χ0n) is 7.84. The van der Waals surface area contributed by atoms with Crippen LogP contribution in [0.2, 0.25) is 0 Å². The summed E-state index contributed by atoms with van der Waals surface area (Å²) in [6.45, 7) is 0. The van der Waals surface area contributed by atoms with Crippen molar-refractivity contribution in [1.29, 1.82) is 0 Å². The second-order valence-corrected chi connectivity index (χ2v) is 4.10. The van der Waals surface area contributed by atoms with Gasteiger partial charge in [-0.1, -0.05) is 0 Å². The Morgan fingerprint density at radius 1 is 1.50 bits per heavy atom. The number of halogens is 1. The van der Waals surface area contributed by atoms with Gasteiger partial charge in [0.05, 0.1) is 12.7 Å². The Kier molecular flexibility index (Phi) is 2.54. The number of pyridine rings is 1. The van der Waals surface area contributed by atoms with Crippen molar-refractivity contribution < 1.29 is 9.53 Å². The molecule has 0 atom stereocenters. The summed E-state index contributed by atoms with van der Waals surface area (Å²) in [4.78, 5) is 15.7. The van der Waals surface area contributed by atoms with Gasteiger partial charge >= 0.3 is 0 Å². The van der Waals surface area contributed by atoms with Gasteiger partial charge in [-0.25, -0.2) is 4.98 Å².